The molecule has 1 fully saturated rings. The Kier molecular flexibility index (Phi) is 5.81. The van der Waals surface area contributed by atoms with Gasteiger partial charge in [0.1, 0.15) is 12.2 Å². The van der Waals surface area contributed by atoms with Crippen molar-refractivity contribution in [3.8, 4) is 11.4 Å². The lowest BCUT2D eigenvalue weighted by molar-refractivity contribution is -0.133. The lowest BCUT2D eigenvalue weighted by atomic mass is 9.76. The molecule has 4 atom stereocenters. The highest BCUT2D eigenvalue weighted by molar-refractivity contribution is 5.77. The van der Waals surface area contributed by atoms with Crippen molar-refractivity contribution in [1.82, 2.24) is 15.0 Å². The van der Waals surface area contributed by atoms with E-state index in [-0.39, 0.29) is 18.4 Å². The summed E-state index contributed by atoms with van der Waals surface area (Å²) in [6, 6.07) is 8.92. The predicted octanol–water partition coefficient (Wildman–Crippen LogP) is 3.98. The van der Waals surface area contributed by atoms with E-state index in [4.69, 9.17) is 10.3 Å². The molecule has 30 heavy (non-hydrogen) atoms. The van der Waals surface area contributed by atoms with Gasteiger partial charge in [-0.25, -0.2) is 4.39 Å². The van der Waals surface area contributed by atoms with Crippen LogP contribution in [0.4, 0.5) is 4.39 Å². The van der Waals surface area contributed by atoms with Gasteiger partial charge < -0.3 is 15.2 Å². The lowest BCUT2D eigenvalue weighted by Gasteiger charge is -2.33. The maximum absolute atomic E-state index is 14.3. The van der Waals surface area contributed by atoms with Crippen LogP contribution in [-0.4, -0.2) is 39.7 Å². The van der Waals surface area contributed by atoms with Crippen LogP contribution in [-0.2, 0) is 4.79 Å². The van der Waals surface area contributed by atoms with E-state index in [1.54, 1.807) is 11.0 Å². The highest BCUT2D eigenvalue weighted by Gasteiger charge is 2.37. The molecule has 1 amide bonds. The number of amides is 1. The van der Waals surface area contributed by atoms with Gasteiger partial charge in [-0.3, -0.25) is 4.79 Å². The van der Waals surface area contributed by atoms with Crippen molar-refractivity contribution >= 4 is 5.91 Å². The molecule has 2 aliphatic rings. The Morgan fingerprint density at radius 3 is 2.93 bits per heavy atom. The molecule has 2 heterocycles. The van der Waals surface area contributed by atoms with Crippen molar-refractivity contribution in [3.05, 3.63) is 60.5 Å². The maximum atomic E-state index is 14.3. The molecule has 1 aromatic carbocycles. The molecule has 6 nitrogen and oxygen atoms in total. The number of rotatable bonds is 6. The van der Waals surface area contributed by atoms with Crippen molar-refractivity contribution in [2.24, 2.45) is 11.1 Å². The summed E-state index contributed by atoms with van der Waals surface area (Å²) in [7, 11) is 0. The van der Waals surface area contributed by atoms with Crippen molar-refractivity contribution in [2.45, 2.75) is 50.9 Å². The second kappa shape index (κ2) is 8.52. The van der Waals surface area contributed by atoms with Crippen LogP contribution in [0.25, 0.3) is 11.4 Å². The number of carbonyl (C=O) groups is 1. The summed E-state index contributed by atoms with van der Waals surface area (Å²) in [5.74, 6) is 0.906. The van der Waals surface area contributed by atoms with Gasteiger partial charge in [-0.15, -0.1) is 0 Å². The molecule has 0 spiro atoms. The van der Waals surface area contributed by atoms with E-state index >= 15 is 0 Å². The number of nitrogens with zero attached hydrogens (tertiary/aromatic N) is 3. The Balaban J connectivity index is 1.41. The zero-order chi connectivity index (χ0) is 21.1. The number of carbonyl (C=O) groups excluding carboxylic acids is 1. The highest BCUT2D eigenvalue weighted by atomic mass is 19.1. The number of halogens is 1. The Morgan fingerprint density at radius 1 is 1.37 bits per heavy atom. The van der Waals surface area contributed by atoms with E-state index in [2.05, 4.69) is 10.1 Å². The number of benzene rings is 1. The summed E-state index contributed by atoms with van der Waals surface area (Å²) in [4.78, 5) is 19.3. The van der Waals surface area contributed by atoms with E-state index in [0.29, 0.717) is 24.7 Å². The summed E-state index contributed by atoms with van der Waals surface area (Å²) in [5.41, 5.74) is 6.45. The van der Waals surface area contributed by atoms with Crippen LogP contribution in [0.3, 0.4) is 0 Å². The second-order valence-corrected chi connectivity index (χ2v) is 8.39. The number of hydrogen-bond donors (Lipinski definition) is 1. The van der Waals surface area contributed by atoms with Crippen molar-refractivity contribution in [2.75, 3.05) is 6.54 Å². The third kappa shape index (κ3) is 4.21. The van der Waals surface area contributed by atoms with Gasteiger partial charge in [0.2, 0.25) is 17.6 Å². The first-order valence-corrected chi connectivity index (χ1v) is 10.4. The molecule has 2 aromatic rings. The fourth-order valence-corrected chi connectivity index (χ4v) is 4.31. The van der Waals surface area contributed by atoms with E-state index in [1.807, 2.05) is 49.4 Å². The summed E-state index contributed by atoms with van der Waals surface area (Å²) in [6.45, 7) is 2.47. The first kappa shape index (κ1) is 20.5. The minimum Gasteiger partial charge on any atom is -0.337 e. The first-order chi connectivity index (χ1) is 14.5. The third-order valence-corrected chi connectivity index (χ3v) is 5.97. The summed E-state index contributed by atoms with van der Waals surface area (Å²) < 4.78 is 19.8. The molecule has 1 saturated heterocycles. The molecule has 158 valence electrons. The largest absolute Gasteiger partial charge is 0.337 e. The van der Waals surface area contributed by atoms with Crippen LogP contribution in [0.5, 0.6) is 0 Å². The molecule has 2 N–H and O–H groups in total. The van der Waals surface area contributed by atoms with Crippen LogP contribution in [0.2, 0.25) is 0 Å². The normalized spacial score (nSPS) is 26.8. The predicted molar refractivity (Wildman–Crippen MR) is 112 cm³/mol. The van der Waals surface area contributed by atoms with Crippen molar-refractivity contribution in [3.63, 3.8) is 0 Å². The Hall–Kier alpha value is -2.80. The average molecular weight is 410 g/mol. The van der Waals surface area contributed by atoms with Crippen LogP contribution >= 0.6 is 0 Å². The van der Waals surface area contributed by atoms with Gasteiger partial charge in [0.25, 0.3) is 0 Å². The quantitative estimate of drug-likeness (QED) is 0.779. The minimum atomic E-state index is -1.10. The number of aromatic nitrogens is 2. The van der Waals surface area contributed by atoms with Crippen LogP contribution in [0.15, 0.2) is 59.2 Å². The molecule has 1 aliphatic carbocycles. The van der Waals surface area contributed by atoms with Gasteiger partial charge in [-0.1, -0.05) is 60.6 Å². The van der Waals surface area contributed by atoms with E-state index in [0.717, 1.165) is 18.4 Å². The molecule has 4 rings (SSSR count). The molecule has 2 unspecified atom stereocenters. The topological polar surface area (TPSA) is 85.3 Å². The fraction of sp³-hybridized carbons (Fsp3) is 0.435. The lowest BCUT2D eigenvalue weighted by Crippen LogP contribution is -2.40. The number of likely N-dealkylation sites (tertiary alicyclic amines) is 1. The van der Waals surface area contributed by atoms with Crippen molar-refractivity contribution < 1.29 is 13.7 Å². The molecule has 0 saturated carbocycles. The van der Waals surface area contributed by atoms with Gasteiger partial charge in [0, 0.05) is 30.0 Å². The standard InChI is InChI=1S/C23H27FN4O2/c1-23(12-6-5-11-19(23)24)15-17(25)14-20(29)28-13-7-10-18(28)22-26-21(27-30-22)16-8-3-2-4-9-16/h2-6,8-9,11-12,17-19H,7,10,13-15,25H2,1H3/t17-,18+,19?,23?/m0/s1. The van der Waals surface area contributed by atoms with Gasteiger partial charge in [-0.2, -0.15) is 4.98 Å². The fourth-order valence-electron chi connectivity index (χ4n) is 4.31. The van der Waals surface area contributed by atoms with Gasteiger partial charge in [0.05, 0.1) is 0 Å². The minimum absolute atomic E-state index is 0.0567. The summed E-state index contributed by atoms with van der Waals surface area (Å²) >= 11 is 0. The molecule has 0 bridgehead atoms. The van der Waals surface area contributed by atoms with Crippen LogP contribution < -0.4 is 5.73 Å². The Morgan fingerprint density at radius 2 is 2.17 bits per heavy atom. The maximum Gasteiger partial charge on any atom is 0.249 e. The van der Waals surface area contributed by atoms with Crippen LogP contribution in [0, 0.1) is 5.41 Å². The molecular formula is C23H27FN4O2. The zero-order valence-electron chi connectivity index (χ0n) is 17.1. The molecule has 0 radical (unpaired) electrons. The van der Waals surface area contributed by atoms with Crippen LogP contribution in [0.1, 0.15) is 44.5 Å². The Bertz CT molecular complexity index is 942. The average Bonchev–Trinajstić information content (AvgIpc) is 3.40. The molecule has 7 heteroatoms. The molecule has 1 aliphatic heterocycles. The van der Waals surface area contributed by atoms with E-state index in [9.17, 15) is 9.18 Å². The third-order valence-electron chi connectivity index (χ3n) is 5.97. The van der Waals surface area contributed by atoms with E-state index < -0.39 is 17.6 Å². The van der Waals surface area contributed by atoms with E-state index in [1.165, 1.54) is 6.08 Å². The van der Waals surface area contributed by atoms with Crippen molar-refractivity contribution in [1.29, 1.82) is 0 Å². The molecule has 1 aromatic heterocycles. The van der Waals surface area contributed by atoms with Gasteiger partial charge in [0.15, 0.2) is 0 Å². The number of hydrogen-bond acceptors (Lipinski definition) is 5. The number of nitrogens with two attached hydrogens (primary N) is 1. The highest BCUT2D eigenvalue weighted by Crippen LogP contribution is 2.36. The molecular weight excluding hydrogens is 383 g/mol. The van der Waals surface area contributed by atoms with Gasteiger partial charge >= 0.3 is 0 Å². The van der Waals surface area contributed by atoms with Gasteiger partial charge in [-0.05, 0) is 25.3 Å². The second-order valence-electron chi connectivity index (χ2n) is 8.39. The summed E-state index contributed by atoms with van der Waals surface area (Å²) in [5, 5.41) is 4.08. The SMILES string of the molecule is CC1(C[C@@H](N)CC(=O)N2CCC[C@@H]2c2nc(-c3ccccc3)no2)C=CC=CC1F. The first-order valence-electron chi connectivity index (χ1n) is 10.4. The smallest absolute Gasteiger partial charge is 0.249 e. The monoisotopic (exact) mass is 410 g/mol. The Labute approximate surface area is 175 Å². The zero-order valence-corrected chi connectivity index (χ0v) is 17.1. The number of allylic oxidation sites excluding steroid dienone is 4. The summed E-state index contributed by atoms with van der Waals surface area (Å²) in [6.07, 6.45) is 8.01. The number of alkyl halides is 1.